The molecule has 5 aromatic carbocycles. The van der Waals surface area contributed by atoms with Crippen molar-refractivity contribution in [2.24, 2.45) is 17.6 Å². The van der Waals surface area contributed by atoms with Crippen LogP contribution in [0.2, 0.25) is 0 Å². The number of non-ortho nitro benzene ring substituents is 2. The Kier molecular flexibility index (Phi) is 62.5. The fourth-order valence-corrected chi connectivity index (χ4v) is 9.05. The summed E-state index contributed by atoms with van der Waals surface area (Å²) in [6.07, 6.45) is -2.94. The molecule has 4 atom stereocenters. The van der Waals surface area contributed by atoms with Crippen LogP contribution in [0.5, 0.6) is 11.5 Å². The molecule has 1 radical (unpaired) electrons. The molecule has 4 unspecified atom stereocenters. The van der Waals surface area contributed by atoms with Crippen LogP contribution < -0.4 is 37.3 Å². The zero-order valence-electron chi connectivity index (χ0n) is 72.9. The van der Waals surface area contributed by atoms with E-state index in [4.69, 9.17) is 129 Å². The van der Waals surface area contributed by atoms with Gasteiger partial charge in [-0.15, -0.1) is 0 Å². The molecule has 2 amide bonds. The number of nitro groups is 2. The number of benzene rings is 5. The number of nitrogens with two attached hydrogens (primary N) is 3. The van der Waals surface area contributed by atoms with Crippen LogP contribution in [0.25, 0.3) is 17.2 Å². The molecule has 728 valence electrons. The van der Waals surface area contributed by atoms with Gasteiger partial charge in [0.1, 0.15) is 48.7 Å². The van der Waals surface area contributed by atoms with Gasteiger partial charge in [-0.1, -0.05) is 38.1 Å². The predicted molar refractivity (Wildman–Crippen MR) is 457 cm³/mol. The number of nitrogen functional groups attached to an aromatic ring is 3. The van der Waals surface area contributed by atoms with E-state index in [0.29, 0.717) is 107 Å². The molecule has 1 fully saturated rings. The van der Waals surface area contributed by atoms with Crippen LogP contribution in [-0.2, 0) is 142 Å². The summed E-state index contributed by atoms with van der Waals surface area (Å²) < 4.78 is 96.2. The number of alkyl halides is 1. The number of rotatable bonds is 45. The maximum atomic E-state index is 13.2. The fourth-order valence-electron chi connectivity index (χ4n) is 8.97. The van der Waals surface area contributed by atoms with Crippen LogP contribution >= 0.6 is 11.6 Å². The van der Waals surface area contributed by atoms with Crippen molar-refractivity contribution >= 4 is 112 Å². The molecule has 0 saturated heterocycles. The molecule has 0 bridgehead atoms. The number of aryl methyl sites for hydroxylation is 1. The number of aromatic carboxylic acids is 1. The Morgan fingerprint density at radius 3 is 1.39 bits per heavy atom. The first kappa shape index (κ1) is 119. The summed E-state index contributed by atoms with van der Waals surface area (Å²) in [7, 11) is 4.71. The van der Waals surface area contributed by atoms with Gasteiger partial charge in [0, 0.05) is 123 Å². The van der Waals surface area contributed by atoms with Gasteiger partial charge >= 0.3 is 78.5 Å². The summed E-state index contributed by atoms with van der Waals surface area (Å²) in [6, 6.07) is 29.0. The molecule has 6 aromatic rings. The topological polar surface area (TPSA) is 643 Å². The van der Waals surface area contributed by atoms with Gasteiger partial charge in [-0.3, -0.25) is 46.0 Å². The van der Waals surface area contributed by atoms with Gasteiger partial charge in [0.25, 0.3) is 17.3 Å². The van der Waals surface area contributed by atoms with E-state index in [0.717, 1.165) is 18.4 Å². The Balaban J connectivity index is 0.00000161. The molecule has 131 heavy (non-hydrogen) atoms. The molecule has 1 heterocycles. The summed E-state index contributed by atoms with van der Waals surface area (Å²) in [5.41, 5.74) is 18.9. The molecular weight excluding hydrogens is 1950 g/mol. The third-order valence-electron chi connectivity index (χ3n) is 15.4. The Hall–Kier alpha value is -12.2. The summed E-state index contributed by atoms with van der Waals surface area (Å²) >= 11 is 7.09. The number of pyridine rings is 1. The number of anilines is 2. The van der Waals surface area contributed by atoms with E-state index in [1.807, 2.05) is 0 Å². The van der Waals surface area contributed by atoms with Crippen molar-refractivity contribution in [3.63, 3.8) is 0 Å². The SMILES string of the molecule is C=Cc1cc(C(=O)O)c(-c2ccc(C(=O)NCC3CC3)nc2C(=O)OC(C)OC(=O)C(C)C)cc1C.CC(Cl)OC(=O)Oc1ccc([N+](=O)[O-])cc1.COCCOCCOCC(=O)O.COCCOCCOCC(=O)OC(C)OC(=O)NC(=N)c1ccc(N)cc1.COCCOCCOCC(=O)OC(C)OC(=O)Oc1ccc([N+](=O)[O-])cc1.N=C(N)c1ccc(N)cc1.[Ag].[O]=[Ag]. The number of nitro benzene ring substituents is 2. The average Bonchev–Trinajstić information content (AvgIpc) is 1.77. The van der Waals surface area contributed by atoms with Crippen molar-refractivity contribution in [2.75, 3.05) is 138 Å². The minimum atomic E-state index is -1.22. The quantitative estimate of drug-likeness (QED) is 0.00140. The van der Waals surface area contributed by atoms with Crippen molar-refractivity contribution in [1.29, 1.82) is 10.8 Å². The molecule has 7 rings (SSSR count). The zero-order valence-corrected chi connectivity index (χ0v) is 76.7. The number of nitrogens with one attached hydrogen (secondary N) is 4. The molecule has 1 aromatic heterocycles. The van der Waals surface area contributed by atoms with Gasteiger partial charge in [0.05, 0.1) is 101 Å². The predicted octanol–water partition coefficient (Wildman–Crippen LogP) is 9.68. The van der Waals surface area contributed by atoms with Gasteiger partial charge in [-0.2, -0.15) is 0 Å². The Bertz CT molecular complexity index is 4560. The van der Waals surface area contributed by atoms with Crippen molar-refractivity contribution in [2.45, 2.75) is 85.7 Å². The van der Waals surface area contributed by atoms with Gasteiger partial charge < -0.3 is 118 Å². The van der Waals surface area contributed by atoms with Crippen molar-refractivity contribution < 1.29 is 200 Å². The Morgan fingerprint density at radius 1 is 0.565 bits per heavy atom. The van der Waals surface area contributed by atoms with Crippen LogP contribution in [0.1, 0.15) is 108 Å². The molecule has 12 N–H and O–H groups in total. The van der Waals surface area contributed by atoms with Crippen molar-refractivity contribution in [3.8, 4) is 22.6 Å². The first-order valence-electron chi connectivity index (χ1n) is 38.7. The maximum absolute atomic E-state index is 13.2. The normalized spacial score (nSPS) is 11.6. The number of hydrogen-bond donors (Lipinski definition) is 9. The van der Waals surface area contributed by atoms with Crippen LogP contribution in [-0.4, -0.2) is 248 Å². The van der Waals surface area contributed by atoms with Gasteiger partial charge in [0.2, 0.25) is 18.9 Å². The number of hydrogen-bond acceptors (Lipinski definition) is 38. The Labute approximate surface area is 785 Å². The number of aliphatic carboxylic acids is 1. The number of nitrogens with zero attached hydrogens (tertiary/aromatic N) is 3. The number of amidine groups is 2. The number of amides is 2. The molecule has 1 aliphatic rings. The number of carboxylic acid groups (broad SMARTS) is 2. The number of ether oxygens (including phenoxy) is 18. The van der Waals surface area contributed by atoms with E-state index in [2.05, 4.69) is 26.9 Å². The van der Waals surface area contributed by atoms with E-state index >= 15 is 0 Å². The van der Waals surface area contributed by atoms with Crippen molar-refractivity contribution in [1.82, 2.24) is 15.6 Å². The number of carbonyl (C=O) groups is 10. The molecule has 0 aliphatic heterocycles. The number of carbonyl (C=O) groups excluding carboxylic acids is 8. The first-order chi connectivity index (χ1) is 61.8. The number of carboxylic acids is 2. The number of halogens is 1. The first-order valence-corrected chi connectivity index (χ1v) is 39.8. The van der Waals surface area contributed by atoms with E-state index in [1.54, 1.807) is 118 Å². The van der Waals surface area contributed by atoms with Crippen molar-refractivity contribution in [3.05, 3.63) is 187 Å². The van der Waals surface area contributed by atoms with E-state index < -0.39 is 100 Å². The molecular formula is C83H107Ag2ClN10O35. The van der Waals surface area contributed by atoms with Gasteiger partial charge in [-0.25, -0.2) is 43.3 Å². The number of aromatic nitrogens is 1. The molecule has 45 nitrogen and oxygen atoms in total. The summed E-state index contributed by atoms with van der Waals surface area (Å²) in [4.78, 5) is 141. The number of esters is 4. The molecule has 1 aliphatic carbocycles. The number of alkyl carbamates (subject to hydrolysis) is 1. The third-order valence-corrected chi connectivity index (χ3v) is 15.4. The Morgan fingerprint density at radius 2 is 0.985 bits per heavy atom. The van der Waals surface area contributed by atoms with E-state index in [1.165, 1.54) is 101 Å². The summed E-state index contributed by atoms with van der Waals surface area (Å²) in [6.45, 7) is 18.5. The third kappa shape index (κ3) is 54.8. The second-order valence-electron chi connectivity index (χ2n) is 26.1. The summed E-state index contributed by atoms with van der Waals surface area (Å²) in [5.74, 6) is -5.48. The average molecular weight is 2060 g/mol. The molecule has 0 spiro atoms. The van der Waals surface area contributed by atoms with Crippen LogP contribution in [0.3, 0.4) is 0 Å². The summed E-state index contributed by atoms with van der Waals surface area (Å²) in [5, 5.41) is 58.7. The van der Waals surface area contributed by atoms with E-state index in [9.17, 15) is 73.3 Å². The van der Waals surface area contributed by atoms with Gasteiger partial charge in [0.15, 0.2) is 11.3 Å². The molecule has 1 saturated carbocycles. The second kappa shape index (κ2) is 68.9. The van der Waals surface area contributed by atoms with E-state index in [-0.39, 0.29) is 118 Å². The van der Waals surface area contributed by atoms with Crippen LogP contribution in [0.4, 0.5) is 37.1 Å². The zero-order chi connectivity index (χ0) is 97.6. The number of methoxy groups -OCH3 is 3. The minimum absolute atomic E-state index is 0. The van der Waals surface area contributed by atoms with Gasteiger partial charge in [-0.05, 0) is 146 Å². The molecule has 48 heteroatoms. The van der Waals surface area contributed by atoms with Crippen LogP contribution in [0, 0.1) is 49.8 Å². The monoisotopic (exact) mass is 2050 g/mol. The second-order valence-corrected chi connectivity index (χ2v) is 26.7. The standard InChI is InChI=1S/C27H30N2O7.C17H25N3O7.C16H21NO10.C9H8ClNO5.C7H9N3.C7H14O5.2Ag.O/c1-6-18-12-21(25(31)32)20(11-15(18)4)19-9-10-22(24(30)28-13-17-7-8-17)29-23(19)27(34)36-16(5)35-26(33)14(2)3;1-12(26-15(21)11-25-10-9-24-8-7-23-2)27-17(22)20-16(19)13-3-5-14(18)6-4-13;1-12(25-15(18)11-24-10-9-23-8-7-22-2)26-16(19)27-14-5-3-13(4-6-14)17(20)21;1-6(10)15-9(12)16-8-4-2-7(3-5-8)11(13)14;8-6-3-1-5(2-4-6)7(9)10;1-10-2-3-11-4-5-12-6-7(8)9;;;/h6,9-12,14,16-17H,1,7-8,13H2,2-5H3,(H,28,30)(H,31,32);3-6,12H,7-11,18H2,1-2H3,(H2,19,20,22);3-6,12H,7-11H2,1-2H3;2-6H,1H3;1-4H,8H2,(H3,9,10);2-6H2,1H3,(H,8,9);;;. The fraction of sp³-hybridized carbons (Fsp3) is 0.410. The van der Waals surface area contributed by atoms with Crippen LogP contribution in [0.15, 0.2) is 128 Å².